The third-order valence-electron chi connectivity index (χ3n) is 4.66. The van der Waals surface area contributed by atoms with Gasteiger partial charge in [0.05, 0.1) is 11.3 Å². The highest BCUT2D eigenvalue weighted by Gasteiger charge is 2.36. The third kappa shape index (κ3) is 4.51. The summed E-state index contributed by atoms with van der Waals surface area (Å²) in [4.78, 5) is -0.159. The number of alkyl halides is 3. The Balaban J connectivity index is 2.00. The van der Waals surface area contributed by atoms with Gasteiger partial charge in [0.1, 0.15) is 16.5 Å². The fourth-order valence-electron chi connectivity index (χ4n) is 3.23. The molecule has 2 N–H and O–H groups in total. The first-order chi connectivity index (χ1) is 13.5. The maximum absolute atomic E-state index is 14.1. The predicted molar refractivity (Wildman–Crippen MR) is 106 cm³/mol. The average Bonchev–Trinajstić information content (AvgIpc) is 3.02. The van der Waals surface area contributed by atoms with E-state index in [2.05, 4.69) is 0 Å². The highest BCUT2D eigenvalue weighted by Crippen LogP contribution is 2.38. The Morgan fingerprint density at radius 3 is 2.55 bits per heavy atom. The van der Waals surface area contributed by atoms with Crippen LogP contribution >= 0.6 is 30.3 Å². The Labute approximate surface area is 179 Å². The number of hydrogen-bond acceptors (Lipinski definition) is 4. The summed E-state index contributed by atoms with van der Waals surface area (Å²) in [6.45, 7) is -0.0487. The van der Waals surface area contributed by atoms with Gasteiger partial charge in [0, 0.05) is 54.9 Å². The van der Waals surface area contributed by atoms with Crippen LogP contribution in [0.3, 0.4) is 0 Å². The maximum atomic E-state index is 14.1. The quantitative estimate of drug-likeness (QED) is 0.411. The molecule has 1 aliphatic rings. The van der Waals surface area contributed by atoms with Crippen molar-refractivity contribution >= 4 is 46.0 Å². The summed E-state index contributed by atoms with van der Waals surface area (Å²) in [5, 5.41) is 9.37. The van der Waals surface area contributed by atoms with E-state index in [9.17, 15) is 35.5 Å². The van der Waals surface area contributed by atoms with Gasteiger partial charge in [-0.25, -0.2) is 17.2 Å². The zero-order valence-electron chi connectivity index (χ0n) is 14.4. The van der Waals surface area contributed by atoms with Crippen LogP contribution < -0.4 is 4.72 Å². The molecule has 2 aromatic rings. The van der Waals surface area contributed by atoms with Crippen LogP contribution in [0.4, 0.5) is 27.6 Å². The molecule has 1 unspecified atom stereocenters. The zero-order chi connectivity index (χ0) is 21.6. The summed E-state index contributed by atoms with van der Waals surface area (Å²) in [6.07, 6.45) is -2.45. The molecule has 0 amide bonds. The fraction of sp³-hybridized carbons (Fsp3) is 0.375. The van der Waals surface area contributed by atoms with Crippen molar-refractivity contribution in [3.05, 3.63) is 46.8 Å². The Morgan fingerprint density at radius 1 is 1.28 bits per heavy atom. The van der Waals surface area contributed by atoms with E-state index in [4.69, 9.17) is 0 Å². The molecule has 5 nitrogen and oxygen atoms in total. The van der Waals surface area contributed by atoms with Crippen LogP contribution in [0, 0.1) is 17.6 Å². The SMILES string of the molecule is O=S(=O)(Nc1cc(F)c(C(F)(F)F)cc1F)c1cn(SI)c2c1CCC(CO)C2. The summed E-state index contributed by atoms with van der Waals surface area (Å²) >= 11 is 1.95. The summed E-state index contributed by atoms with van der Waals surface area (Å²) in [7, 11) is -3.19. The van der Waals surface area contributed by atoms with E-state index in [0.717, 1.165) is 0 Å². The van der Waals surface area contributed by atoms with Gasteiger partial charge in [-0.1, -0.05) is 0 Å². The molecule has 1 atom stereocenters. The monoisotopic (exact) mass is 568 g/mol. The third-order valence-corrected chi connectivity index (χ3v) is 7.83. The normalized spacial score (nSPS) is 17.3. The number of benzene rings is 1. The molecule has 0 saturated carbocycles. The molecule has 29 heavy (non-hydrogen) atoms. The largest absolute Gasteiger partial charge is 0.419 e. The molecule has 0 fully saturated rings. The number of aliphatic hydroxyl groups is 1. The molecule has 1 heterocycles. The van der Waals surface area contributed by atoms with Gasteiger partial charge < -0.3 is 5.11 Å². The Kier molecular flexibility index (Phi) is 6.42. The van der Waals surface area contributed by atoms with Gasteiger partial charge in [0.2, 0.25) is 0 Å². The number of rotatable bonds is 5. The van der Waals surface area contributed by atoms with Crippen LogP contribution in [0.2, 0.25) is 0 Å². The number of aromatic nitrogens is 1. The smallest absolute Gasteiger partial charge is 0.396 e. The van der Waals surface area contributed by atoms with Crippen LogP contribution in [-0.2, 0) is 29.0 Å². The number of nitrogens with zero attached hydrogens (tertiary/aromatic N) is 1. The predicted octanol–water partition coefficient (Wildman–Crippen LogP) is 4.53. The van der Waals surface area contributed by atoms with Crippen molar-refractivity contribution < 1.29 is 35.5 Å². The molecule has 1 aliphatic carbocycles. The van der Waals surface area contributed by atoms with E-state index in [1.165, 1.54) is 15.3 Å². The van der Waals surface area contributed by atoms with Gasteiger partial charge in [-0.15, -0.1) is 0 Å². The van der Waals surface area contributed by atoms with E-state index in [-0.39, 0.29) is 29.6 Å². The van der Waals surface area contributed by atoms with Gasteiger partial charge in [-0.2, -0.15) is 13.2 Å². The molecule has 3 rings (SSSR count). The average molecular weight is 568 g/mol. The van der Waals surface area contributed by atoms with Crippen molar-refractivity contribution in [3.63, 3.8) is 0 Å². The second-order valence-corrected chi connectivity index (χ2v) is 9.88. The molecule has 0 bridgehead atoms. The van der Waals surface area contributed by atoms with E-state index in [0.29, 0.717) is 30.5 Å². The van der Waals surface area contributed by atoms with E-state index in [1.807, 2.05) is 25.9 Å². The summed E-state index contributed by atoms with van der Waals surface area (Å²) < 4.78 is 95.0. The lowest BCUT2D eigenvalue weighted by atomic mass is 9.89. The Hall–Kier alpha value is -1.06. The topological polar surface area (TPSA) is 71.3 Å². The molecule has 160 valence electrons. The molecule has 0 spiro atoms. The van der Waals surface area contributed by atoms with E-state index < -0.39 is 39.1 Å². The molecule has 0 aliphatic heterocycles. The summed E-state index contributed by atoms with van der Waals surface area (Å²) in [6, 6.07) is 0.0916. The van der Waals surface area contributed by atoms with Crippen molar-refractivity contribution in [2.24, 2.45) is 5.92 Å². The van der Waals surface area contributed by atoms with Crippen molar-refractivity contribution in [2.45, 2.75) is 30.3 Å². The Bertz CT molecular complexity index is 1040. The van der Waals surface area contributed by atoms with Crippen LogP contribution in [0.15, 0.2) is 23.2 Å². The standard InChI is InChI=1S/C16H14F5IN2O3S2/c17-11-5-13(12(18)4-10(11)16(19,20)21)23-29(26,27)15-6-24(28-22)14-3-8(7-25)1-2-9(14)15/h4-6,8,23,25H,1-3,7H2. The van der Waals surface area contributed by atoms with Gasteiger partial charge in [0.25, 0.3) is 10.0 Å². The number of halogens is 6. The van der Waals surface area contributed by atoms with Gasteiger partial charge in [-0.05, 0) is 36.8 Å². The fourth-order valence-corrected chi connectivity index (χ4v) is 6.11. The minimum absolute atomic E-state index is 0.0235. The number of nitrogens with one attached hydrogen (secondary N) is 1. The van der Waals surface area contributed by atoms with Crippen molar-refractivity contribution in [2.75, 3.05) is 11.3 Å². The number of fused-ring (bicyclic) bond motifs is 1. The summed E-state index contributed by atoms with van der Waals surface area (Å²) in [5.41, 5.74) is -1.56. The molecule has 1 aromatic heterocycles. The number of aliphatic hydroxyl groups excluding tert-OH is 1. The minimum Gasteiger partial charge on any atom is -0.396 e. The van der Waals surface area contributed by atoms with Gasteiger partial charge in [-0.3, -0.25) is 8.69 Å². The highest BCUT2D eigenvalue weighted by molar-refractivity contribution is 14.2. The van der Waals surface area contributed by atoms with Crippen LogP contribution in [0.25, 0.3) is 0 Å². The molecule has 13 heteroatoms. The number of hydrogen-bond donors (Lipinski definition) is 2. The Morgan fingerprint density at radius 2 is 1.97 bits per heavy atom. The second kappa shape index (κ2) is 8.23. The first-order valence-electron chi connectivity index (χ1n) is 8.20. The lowest BCUT2D eigenvalue weighted by molar-refractivity contribution is -0.140. The first kappa shape index (κ1) is 22.6. The molecular weight excluding hydrogens is 554 g/mol. The molecule has 0 saturated heterocycles. The molecule has 0 radical (unpaired) electrons. The minimum atomic E-state index is -5.11. The lowest BCUT2D eigenvalue weighted by Gasteiger charge is -2.22. The highest BCUT2D eigenvalue weighted by atomic mass is 127. The second-order valence-electron chi connectivity index (χ2n) is 6.52. The summed E-state index contributed by atoms with van der Waals surface area (Å²) in [5.74, 6) is -3.35. The molecule has 1 aromatic carbocycles. The lowest BCUT2D eigenvalue weighted by Crippen LogP contribution is -2.21. The number of sulfonamides is 1. The van der Waals surface area contributed by atoms with E-state index >= 15 is 0 Å². The first-order valence-corrected chi connectivity index (χ1v) is 13.0. The zero-order valence-corrected chi connectivity index (χ0v) is 18.2. The van der Waals surface area contributed by atoms with Crippen LogP contribution in [0.5, 0.6) is 0 Å². The number of anilines is 1. The van der Waals surface area contributed by atoms with Gasteiger partial charge in [0.15, 0.2) is 0 Å². The van der Waals surface area contributed by atoms with Crippen molar-refractivity contribution in [1.29, 1.82) is 0 Å². The van der Waals surface area contributed by atoms with Crippen molar-refractivity contribution in [1.82, 2.24) is 3.97 Å². The van der Waals surface area contributed by atoms with Crippen LogP contribution in [-0.4, -0.2) is 24.1 Å². The maximum Gasteiger partial charge on any atom is 0.419 e. The van der Waals surface area contributed by atoms with Crippen molar-refractivity contribution in [3.8, 4) is 0 Å². The molecular formula is C16H14F5IN2O3S2. The van der Waals surface area contributed by atoms with E-state index in [1.54, 1.807) is 3.97 Å². The van der Waals surface area contributed by atoms with Gasteiger partial charge >= 0.3 is 6.18 Å². The van der Waals surface area contributed by atoms with Crippen LogP contribution in [0.1, 0.15) is 23.2 Å².